The van der Waals surface area contributed by atoms with Crippen molar-refractivity contribution in [3.8, 4) is 0 Å². The zero-order chi connectivity index (χ0) is 14.4. The molecule has 0 aliphatic carbocycles. The molecule has 0 saturated heterocycles. The number of carboxylic acids is 1. The molecule has 0 radical (unpaired) electrons. The molecule has 0 fully saturated rings. The van der Waals surface area contributed by atoms with E-state index in [1.807, 2.05) is 0 Å². The highest BCUT2D eigenvalue weighted by atomic mass is 16.5. The molecule has 6 heteroatoms. The largest absolute Gasteiger partial charge is 0.481 e. The fraction of sp³-hybridized carbons (Fsp3) is 0.833. The molecule has 0 aromatic carbocycles. The van der Waals surface area contributed by atoms with Crippen molar-refractivity contribution >= 4 is 11.9 Å². The second-order valence-corrected chi connectivity index (χ2v) is 5.27. The maximum Gasteiger partial charge on any atom is 0.311 e. The third-order valence-electron chi connectivity index (χ3n) is 3.32. The summed E-state index contributed by atoms with van der Waals surface area (Å²) in [6, 6.07) is 0. The molecule has 6 nitrogen and oxygen atoms in total. The highest BCUT2D eigenvalue weighted by molar-refractivity contribution is 5.81. The van der Waals surface area contributed by atoms with E-state index in [0.29, 0.717) is 13.2 Å². The topological polar surface area (TPSA) is 87.7 Å². The predicted molar refractivity (Wildman–Crippen MR) is 68.4 cm³/mol. The van der Waals surface area contributed by atoms with Crippen LogP contribution >= 0.6 is 0 Å². The van der Waals surface area contributed by atoms with Gasteiger partial charge in [-0.2, -0.15) is 0 Å². The summed E-state index contributed by atoms with van der Waals surface area (Å²) in [4.78, 5) is 22.8. The van der Waals surface area contributed by atoms with Crippen LogP contribution in [-0.2, 0) is 14.3 Å². The van der Waals surface area contributed by atoms with Crippen LogP contribution in [0.5, 0.6) is 0 Å². The summed E-state index contributed by atoms with van der Waals surface area (Å²) in [6.07, 6.45) is 0. The molecular weight excluding hydrogens is 236 g/mol. The summed E-state index contributed by atoms with van der Waals surface area (Å²) in [5.74, 6) is -1.18. The van der Waals surface area contributed by atoms with Gasteiger partial charge in [0.05, 0.1) is 24.1 Å². The third kappa shape index (κ3) is 4.62. The van der Waals surface area contributed by atoms with Crippen LogP contribution in [0.1, 0.15) is 27.7 Å². The number of hydrogen-bond donors (Lipinski definition) is 3. The average molecular weight is 260 g/mol. The summed E-state index contributed by atoms with van der Waals surface area (Å²) < 4.78 is 4.84. The Balaban J connectivity index is 4.32. The van der Waals surface area contributed by atoms with Crippen molar-refractivity contribution in [2.45, 2.75) is 33.2 Å². The second-order valence-electron chi connectivity index (χ2n) is 5.27. The smallest absolute Gasteiger partial charge is 0.311 e. The SMILES string of the molecule is COCCNCC(=O)NC(C)(C)C(C)(C)C(=O)O. The fourth-order valence-electron chi connectivity index (χ4n) is 1.19. The van der Waals surface area contributed by atoms with Gasteiger partial charge in [0.25, 0.3) is 0 Å². The van der Waals surface area contributed by atoms with Gasteiger partial charge in [-0.3, -0.25) is 9.59 Å². The number of carbonyl (C=O) groups is 2. The van der Waals surface area contributed by atoms with Gasteiger partial charge in [-0.15, -0.1) is 0 Å². The number of methoxy groups -OCH3 is 1. The summed E-state index contributed by atoms with van der Waals surface area (Å²) in [6.45, 7) is 7.83. The van der Waals surface area contributed by atoms with E-state index in [4.69, 9.17) is 9.84 Å². The third-order valence-corrected chi connectivity index (χ3v) is 3.32. The predicted octanol–water partition coefficient (Wildman–Crippen LogP) is 0.228. The van der Waals surface area contributed by atoms with Crippen LogP contribution in [0.4, 0.5) is 0 Å². The van der Waals surface area contributed by atoms with Gasteiger partial charge in [-0.1, -0.05) is 0 Å². The van der Waals surface area contributed by atoms with Crippen LogP contribution < -0.4 is 10.6 Å². The van der Waals surface area contributed by atoms with Crippen molar-refractivity contribution in [2.75, 3.05) is 26.8 Å². The Hall–Kier alpha value is -1.14. The lowest BCUT2D eigenvalue weighted by molar-refractivity contribution is -0.151. The Labute approximate surface area is 108 Å². The molecule has 1 amide bonds. The minimum atomic E-state index is -1.05. The van der Waals surface area contributed by atoms with Crippen LogP contribution in [0.2, 0.25) is 0 Å². The molecule has 0 aliphatic rings. The van der Waals surface area contributed by atoms with E-state index >= 15 is 0 Å². The molecule has 0 unspecified atom stereocenters. The molecule has 0 aromatic heterocycles. The number of hydrogen-bond acceptors (Lipinski definition) is 4. The van der Waals surface area contributed by atoms with Crippen LogP contribution in [0, 0.1) is 5.41 Å². The van der Waals surface area contributed by atoms with Gasteiger partial charge in [0.2, 0.25) is 5.91 Å². The summed E-state index contributed by atoms with van der Waals surface area (Å²) in [7, 11) is 1.58. The van der Waals surface area contributed by atoms with Gasteiger partial charge >= 0.3 is 5.97 Å². The van der Waals surface area contributed by atoms with E-state index in [1.165, 1.54) is 0 Å². The number of rotatable bonds is 8. The van der Waals surface area contributed by atoms with Crippen molar-refractivity contribution in [2.24, 2.45) is 5.41 Å². The van der Waals surface area contributed by atoms with Crippen molar-refractivity contribution in [1.82, 2.24) is 10.6 Å². The van der Waals surface area contributed by atoms with Crippen molar-refractivity contribution < 1.29 is 19.4 Å². The Morgan fingerprint density at radius 3 is 2.22 bits per heavy atom. The number of carbonyl (C=O) groups excluding carboxylic acids is 1. The van der Waals surface area contributed by atoms with E-state index in [2.05, 4.69) is 10.6 Å². The minimum absolute atomic E-state index is 0.141. The number of carboxylic acid groups (broad SMARTS) is 1. The molecule has 0 aromatic rings. The molecule has 0 spiro atoms. The lowest BCUT2D eigenvalue weighted by Crippen LogP contribution is -2.58. The van der Waals surface area contributed by atoms with Gasteiger partial charge < -0.3 is 20.5 Å². The first-order chi connectivity index (χ1) is 8.15. The van der Waals surface area contributed by atoms with Gasteiger partial charge in [-0.25, -0.2) is 0 Å². The van der Waals surface area contributed by atoms with E-state index in [1.54, 1.807) is 34.8 Å². The highest BCUT2D eigenvalue weighted by Crippen LogP contribution is 2.30. The first-order valence-electron chi connectivity index (χ1n) is 5.89. The lowest BCUT2D eigenvalue weighted by atomic mass is 9.74. The minimum Gasteiger partial charge on any atom is -0.481 e. The van der Waals surface area contributed by atoms with Crippen LogP contribution in [-0.4, -0.2) is 49.3 Å². The second kappa shape index (κ2) is 6.70. The Bertz CT molecular complexity index is 300. The van der Waals surface area contributed by atoms with Crippen molar-refractivity contribution in [3.05, 3.63) is 0 Å². The molecule has 0 aliphatic heterocycles. The summed E-state index contributed by atoms with van der Waals surface area (Å²) in [5, 5.41) is 14.8. The van der Waals surface area contributed by atoms with Crippen molar-refractivity contribution in [1.29, 1.82) is 0 Å². The maximum atomic E-state index is 11.7. The van der Waals surface area contributed by atoms with Gasteiger partial charge in [-0.05, 0) is 27.7 Å². The van der Waals surface area contributed by atoms with E-state index in [0.717, 1.165) is 0 Å². The van der Waals surface area contributed by atoms with Crippen LogP contribution in [0.15, 0.2) is 0 Å². The number of amides is 1. The zero-order valence-corrected chi connectivity index (χ0v) is 11.8. The molecule has 0 atom stereocenters. The van der Waals surface area contributed by atoms with Crippen molar-refractivity contribution in [3.63, 3.8) is 0 Å². The number of aliphatic carboxylic acids is 1. The molecule has 0 bridgehead atoms. The average Bonchev–Trinajstić information content (AvgIpc) is 2.23. The first kappa shape index (κ1) is 16.9. The number of nitrogens with one attached hydrogen (secondary N) is 2. The molecule has 106 valence electrons. The number of ether oxygens (including phenoxy) is 1. The van der Waals surface area contributed by atoms with E-state index < -0.39 is 16.9 Å². The maximum absolute atomic E-state index is 11.7. The standard InChI is InChI=1S/C12H24N2O4/c1-11(2,10(16)17)12(3,4)14-9(15)8-13-6-7-18-5/h13H,6-8H2,1-5H3,(H,14,15)(H,16,17). The van der Waals surface area contributed by atoms with Gasteiger partial charge in [0.15, 0.2) is 0 Å². The van der Waals surface area contributed by atoms with Crippen LogP contribution in [0.3, 0.4) is 0 Å². The van der Waals surface area contributed by atoms with E-state index in [-0.39, 0.29) is 12.5 Å². The van der Waals surface area contributed by atoms with Crippen LogP contribution in [0.25, 0.3) is 0 Å². The first-order valence-corrected chi connectivity index (χ1v) is 5.89. The van der Waals surface area contributed by atoms with Gasteiger partial charge in [0, 0.05) is 13.7 Å². The zero-order valence-electron chi connectivity index (χ0n) is 11.8. The molecule has 0 rings (SSSR count). The monoisotopic (exact) mass is 260 g/mol. The normalized spacial score (nSPS) is 12.3. The summed E-state index contributed by atoms with van der Waals surface area (Å²) >= 11 is 0. The Kier molecular flexibility index (Phi) is 6.28. The molecule has 18 heavy (non-hydrogen) atoms. The Morgan fingerprint density at radius 2 is 1.78 bits per heavy atom. The van der Waals surface area contributed by atoms with Gasteiger partial charge in [0.1, 0.15) is 0 Å². The molecule has 3 N–H and O–H groups in total. The molecule has 0 saturated carbocycles. The summed E-state index contributed by atoms with van der Waals surface area (Å²) in [5.41, 5.74) is -1.88. The highest BCUT2D eigenvalue weighted by Gasteiger charge is 2.44. The quantitative estimate of drug-likeness (QED) is 0.544. The lowest BCUT2D eigenvalue weighted by Gasteiger charge is -2.38. The molecule has 0 heterocycles. The van der Waals surface area contributed by atoms with E-state index in [9.17, 15) is 9.59 Å². The molecular formula is C12H24N2O4. The fourth-order valence-corrected chi connectivity index (χ4v) is 1.19. The Morgan fingerprint density at radius 1 is 1.22 bits per heavy atom.